The van der Waals surface area contributed by atoms with Gasteiger partial charge in [0.1, 0.15) is 11.4 Å². The molecule has 0 radical (unpaired) electrons. The van der Waals surface area contributed by atoms with Gasteiger partial charge in [-0.05, 0) is 56.5 Å². The van der Waals surface area contributed by atoms with E-state index < -0.39 is 0 Å². The molecule has 1 aromatic heterocycles. The number of hydrogen-bond acceptors (Lipinski definition) is 5. The van der Waals surface area contributed by atoms with E-state index >= 15 is 0 Å². The van der Waals surface area contributed by atoms with Crippen LogP contribution in [-0.2, 0) is 0 Å². The summed E-state index contributed by atoms with van der Waals surface area (Å²) in [5.41, 5.74) is 1.89. The molecule has 2 bridgehead atoms. The summed E-state index contributed by atoms with van der Waals surface area (Å²) in [4.78, 5) is 22.5. The highest BCUT2D eigenvalue weighted by molar-refractivity contribution is 7.09. The van der Waals surface area contributed by atoms with Gasteiger partial charge in [0.15, 0.2) is 0 Å². The Hall–Kier alpha value is -1.92. The van der Waals surface area contributed by atoms with Gasteiger partial charge in [-0.25, -0.2) is 4.98 Å². The summed E-state index contributed by atoms with van der Waals surface area (Å²) < 4.78 is 5.46. The lowest BCUT2D eigenvalue weighted by Crippen LogP contribution is -2.60. The number of rotatable bonds is 3. The van der Waals surface area contributed by atoms with Crippen molar-refractivity contribution in [1.82, 2.24) is 14.8 Å². The van der Waals surface area contributed by atoms with Gasteiger partial charge in [-0.3, -0.25) is 9.69 Å². The lowest BCUT2D eigenvalue weighted by molar-refractivity contribution is -0.00357. The maximum Gasteiger partial charge on any atom is 0.273 e. The maximum atomic E-state index is 13.3. The summed E-state index contributed by atoms with van der Waals surface area (Å²) >= 11 is 1.55. The molecule has 0 unspecified atom stereocenters. The van der Waals surface area contributed by atoms with Crippen LogP contribution in [0.15, 0.2) is 29.6 Å². The normalized spacial score (nSPS) is 31.8. The van der Waals surface area contributed by atoms with E-state index in [9.17, 15) is 4.79 Å². The molecule has 4 fully saturated rings. The van der Waals surface area contributed by atoms with Crippen molar-refractivity contribution >= 4 is 17.2 Å². The lowest BCUT2D eigenvalue weighted by atomic mass is 9.75. The van der Waals surface area contributed by atoms with Gasteiger partial charge < -0.3 is 9.64 Å². The van der Waals surface area contributed by atoms with E-state index in [2.05, 4.69) is 33.0 Å². The first-order chi connectivity index (χ1) is 13.2. The van der Waals surface area contributed by atoms with E-state index in [4.69, 9.17) is 4.74 Å². The molecule has 3 atom stereocenters. The molecule has 0 spiro atoms. The predicted molar refractivity (Wildman–Crippen MR) is 105 cm³/mol. The first kappa shape index (κ1) is 17.2. The van der Waals surface area contributed by atoms with Gasteiger partial charge in [-0.1, -0.05) is 12.1 Å². The minimum absolute atomic E-state index is 0.105. The molecule has 4 aliphatic heterocycles. The van der Waals surface area contributed by atoms with E-state index in [1.54, 1.807) is 18.4 Å². The molecule has 4 aliphatic rings. The number of likely N-dealkylation sites (tertiary alicyclic amines) is 1. The van der Waals surface area contributed by atoms with Gasteiger partial charge in [-0.2, -0.15) is 0 Å². The molecule has 6 rings (SSSR count). The van der Waals surface area contributed by atoms with E-state index in [0.717, 1.165) is 30.4 Å². The maximum absolute atomic E-state index is 13.3. The second kappa shape index (κ2) is 6.60. The third-order valence-electron chi connectivity index (χ3n) is 6.62. The largest absolute Gasteiger partial charge is 0.497 e. The molecule has 0 N–H and O–H groups in total. The number of thiazole rings is 1. The minimum atomic E-state index is 0.105. The highest BCUT2D eigenvalue weighted by Crippen LogP contribution is 2.47. The number of amides is 1. The van der Waals surface area contributed by atoms with Gasteiger partial charge in [0.25, 0.3) is 5.91 Å². The van der Waals surface area contributed by atoms with Crippen LogP contribution in [0, 0.1) is 12.8 Å². The minimum Gasteiger partial charge on any atom is -0.497 e. The first-order valence-corrected chi connectivity index (χ1v) is 10.6. The number of ether oxygens (including phenoxy) is 1. The Kier molecular flexibility index (Phi) is 4.20. The zero-order valence-electron chi connectivity index (χ0n) is 15.8. The number of aromatic nitrogens is 1. The van der Waals surface area contributed by atoms with Crippen LogP contribution in [0.25, 0.3) is 0 Å². The molecule has 1 amide bonds. The van der Waals surface area contributed by atoms with Gasteiger partial charge in [0.05, 0.1) is 18.2 Å². The van der Waals surface area contributed by atoms with Crippen molar-refractivity contribution in [3.63, 3.8) is 0 Å². The number of piperidine rings is 3. The molecule has 0 aliphatic carbocycles. The van der Waals surface area contributed by atoms with Crippen LogP contribution in [0.3, 0.4) is 0 Å². The van der Waals surface area contributed by atoms with Crippen LogP contribution in [0.4, 0.5) is 0 Å². The van der Waals surface area contributed by atoms with Crippen molar-refractivity contribution < 1.29 is 9.53 Å². The van der Waals surface area contributed by atoms with Gasteiger partial charge in [-0.15, -0.1) is 11.3 Å². The number of carbonyl (C=O) groups is 1. The summed E-state index contributed by atoms with van der Waals surface area (Å²) in [6, 6.07) is 9.10. The van der Waals surface area contributed by atoms with E-state index in [-0.39, 0.29) is 5.91 Å². The van der Waals surface area contributed by atoms with Crippen molar-refractivity contribution in [2.24, 2.45) is 5.92 Å². The fraction of sp³-hybridized carbons (Fsp3) is 0.524. The summed E-state index contributed by atoms with van der Waals surface area (Å²) in [5, 5.41) is 2.86. The van der Waals surface area contributed by atoms with Crippen LogP contribution in [-0.4, -0.2) is 59.5 Å². The Morgan fingerprint density at radius 2 is 2.07 bits per heavy atom. The molecule has 2 aromatic rings. The second-order valence-electron chi connectivity index (χ2n) is 7.95. The van der Waals surface area contributed by atoms with E-state index in [1.165, 1.54) is 18.4 Å². The fourth-order valence-electron chi connectivity index (χ4n) is 5.43. The van der Waals surface area contributed by atoms with Crippen LogP contribution in [0.1, 0.15) is 39.8 Å². The quantitative estimate of drug-likeness (QED) is 0.817. The number of aryl methyl sites for hydroxylation is 1. The third kappa shape index (κ3) is 2.77. The average Bonchev–Trinajstić information content (AvgIpc) is 3.34. The zero-order chi connectivity index (χ0) is 18.5. The van der Waals surface area contributed by atoms with Gasteiger partial charge in [0, 0.05) is 23.9 Å². The Morgan fingerprint density at radius 1 is 1.26 bits per heavy atom. The number of carbonyl (C=O) groups excluding carboxylic acids is 1. The monoisotopic (exact) mass is 383 g/mol. The van der Waals surface area contributed by atoms with E-state index in [1.807, 2.05) is 18.4 Å². The fourth-order valence-corrected chi connectivity index (χ4v) is 6.02. The Balaban J connectivity index is 1.52. The molecule has 142 valence electrons. The van der Waals surface area contributed by atoms with Crippen LogP contribution in [0.2, 0.25) is 0 Å². The molecule has 27 heavy (non-hydrogen) atoms. The number of hydrogen-bond donors (Lipinski definition) is 0. The summed E-state index contributed by atoms with van der Waals surface area (Å²) in [6.07, 6.45) is 2.40. The van der Waals surface area contributed by atoms with Crippen molar-refractivity contribution in [2.75, 3.05) is 26.7 Å². The average molecular weight is 384 g/mol. The first-order valence-electron chi connectivity index (χ1n) is 9.77. The SMILES string of the molecule is COc1cccc([C@H]2CN(C(=O)c3csc(C)n3)[C@@H]3C4CCN(CC4)[C@H]23)c1. The number of fused-ring (bicyclic) bond motifs is 2. The van der Waals surface area contributed by atoms with Crippen molar-refractivity contribution in [2.45, 2.75) is 37.8 Å². The van der Waals surface area contributed by atoms with Crippen LogP contribution < -0.4 is 4.74 Å². The predicted octanol–water partition coefficient (Wildman–Crippen LogP) is 3.16. The Bertz CT molecular complexity index is 859. The van der Waals surface area contributed by atoms with Gasteiger partial charge >= 0.3 is 0 Å². The molecule has 0 saturated carbocycles. The molecule has 5 heterocycles. The lowest BCUT2D eigenvalue weighted by Gasteiger charge is -2.51. The molecule has 4 saturated heterocycles. The summed E-state index contributed by atoms with van der Waals surface area (Å²) in [5.74, 6) is 1.93. The molecular weight excluding hydrogens is 358 g/mol. The van der Waals surface area contributed by atoms with Crippen LogP contribution in [0.5, 0.6) is 5.75 Å². The highest BCUT2D eigenvalue weighted by atomic mass is 32.1. The zero-order valence-corrected chi connectivity index (χ0v) is 16.6. The second-order valence-corrected chi connectivity index (χ2v) is 9.01. The molecule has 5 nitrogen and oxygen atoms in total. The Morgan fingerprint density at radius 3 is 2.78 bits per heavy atom. The third-order valence-corrected chi connectivity index (χ3v) is 7.39. The molecule has 1 aromatic carbocycles. The van der Waals surface area contributed by atoms with E-state index in [0.29, 0.717) is 29.6 Å². The Labute approximate surface area is 164 Å². The number of nitrogens with zero attached hydrogens (tertiary/aromatic N) is 3. The molecule has 6 heteroatoms. The highest BCUT2D eigenvalue weighted by Gasteiger charge is 2.54. The molecular formula is C21H25N3O2S. The van der Waals surface area contributed by atoms with Crippen molar-refractivity contribution in [3.05, 3.63) is 45.9 Å². The van der Waals surface area contributed by atoms with Gasteiger partial charge in [0.2, 0.25) is 0 Å². The van der Waals surface area contributed by atoms with Crippen molar-refractivity contribution in [1.29, 1.82) is 0 Å². The summed E-state index contributed by atoms with van der Waals surface area (Å²) in [7, 11) is 1.71. The standard InChI is InChI=1S/C21H25N3O2S/c1-13-22-18(12-27-13)21(25)24-11-17(15-4-3-5-16(10-15)26-2)20-19(24)14-6-8-23(20)9-7-14/h3-5,10,12,14,17,19-20H,6-9,11H2,1-2H3/t17-,19-,20-/m1/s1. The number of benzene rings is 1. The van der Waals surface area contributed by atoms with Crippen molar-refractivity contribution in [3.8, 4) is 5.75 Å². The summed E-state index contributed by atoms with van der Waals surface area (Å²) in [6.45, 7) is 5.04. The van der Waals surface area contributed by atoms with Crippen LogP contribution >= 0.6 is 11.3 Å². The topological polar surface area (TPSA) is 45.7 Å². The smallest absolute Gasteiger partial charge is 0.273 e. The number of methoxy groups -OCH3 is 1.